The van der Waals surface area contributed by atoms with E-state index in [2.05, 4.69) is 26.2 Å². The van der Waals surface area contributed by atoms with Crippen LogP contribution in [-0.4, -0.2) is 17.5 Å². The predicted octanol–water partition coefficient (Wildman–Crippen LogP) is 4.89. The van der Waals surface area contributed by atoms with Gasteiger partial charge in [0.25, 0.3) is 5.91 Å². The van der Waals surface area contributed by atoms with Gasteiger partial charge in [-0.25, -0.2) is 4.98 Å². The van der Waals surface area contributed by atoms with Crippen molar-refractivity contribution in [2.45, 2.75) is 12.5 Å². The van der Waals surface area contributed by atoms with Crippen LogP contribution in [-0.2, 0) is 0 Å². The third-order valence-electron chi connectivity index (χ3n) is 4.30. The number of amides is 1. The van der Waals surface area contributed by atoms with Crippen LogP contribution >= 0.6 is 15.9 Å². The van der Waals surface area contributed by atoms with E-state index < -0.39 is 0 Å². The topological polar surface area (TPSA) is 60.5 Å². The summed E-state index contributed by atoms with van der Waals surface area (Å²) in [6.07, 6.45) is 2.26. The number of benzene rings is 2. The first-order valence-corrected chi connectivity index (χ1v) is 9.40. The molecule has 1 aromatic heterocycles. The number of pyridine rings is 1. The van der Waals surface area contributed by atoms with Gasteiger partial charge in [-0.05, 0) is 36.4 Å². The molecule has 0 fully saturated rings. The normalized spacial score (nSPS) is 15.4. The number of hydrogen-bond donors (Lipinski definition) is 1. The largest absolute Gasteiger partial charge is 0.493 e. The average Bonchev–Trinajstić information content (AvgIpc) is 2.70. The van der Waals surface area contributed by atoms with Crippen LogP contribution in [0.5, 0.6) is 17.4 Å². The van der Waals surface area contributed by atoms with Gasteiger partial charge >= 0.3 is 0 Å². The molecule has 5 nitrogen and oxygen atoms in total. The van der Waals surface area contributed by atoms with Crippen molar-refractivity contribution in [3.63, 3.8) is 0 Å². The second-order valence-corrected chi connectivity index (χ2v) is 7.06. The van der Waals surface area contributed by atoms with Crippen LogP contribution < -0.4 is 14.8 Å². The van der Waals surface area contributed by atoms with E-state index in [1.165, 1.54) is 6.20 Å². The molecular weight excluding hydrogens is 408 g/mol. The Kier molecular flexibility index (Phi) is 5.07. The molecule has 0 saturated heterocycles. The summed E-state index contributed by atoms with van der Waals surface area (Å²) in [5, 5.41) is 3.06. The minimum Gasteiger partial charge on any atom is -0.493 e. The predicted molar refractivity (Wildman–Crippen MR) is 105 cm³/mol. The Morgan fingerprint density at radius 3 is 2.70 bits per heavy atom. The van der Waals surface area contributed by atoms with Gasteiger partial charge in [-0.2, -0.15) is 0 Å². The van der Waals surface area contributed by atoms with E-state index in [0.717, 1.165) is 22.2 Å². The highest BCUT2D eigenvalue weighted by atomic mass is 79.9. The SMILES string of the molecule is O=C(NC1CCOc2ccccc21)c1ccc(Oc2ccc(Br)cc2)nc1. The third-order valence-corrected chi connectivity index (χ3v) is 4.83. The van der Waals surface area contributed by atoms with E-state index in [1.807, 2.05) is 48.5 Å². The van der Waals surface area contributed by atoms with Crippen molar-refractivity contribution in [1.29, 1.82) is 0 Å². The standard InChI is InChI=1S/C21H17BrN2O3/c22-15-6-8-16(9-7-15)27-20-10-5-14(13-23-20)21(25)24-18-11-12-26-19-4-2-1-3-17(18)19/h1-10,13,18H,11-12H2,(H,24,25). The van der Waals surface area contributed by atoms with Crippen LogP contribution in [0.15, 0.2) is 71.3 Å². The monoisotopic (exact) mass is 424 g/mol. The number of ether oxygens (including phenoxy) is 2. The van der Waals surface area contributed by atoms with E-state index in [9.17, 15) is 4.79 Å². The maximum Gasteiger partial charge on any atom is 0.253 e. The molecule has 0 bridgehead atoms. The average molecular weight is 425 g/mol. The van der Waals surface area contributed by atoms with E-state index in [0.29, 0.717) is 23.8 Å². The lowest BCUT2D eigenvalue weighted by Crippen LogP contribution is -2.32. The van der Waals surface area contributed by atoms with Crippen molar-refractivity contribution in [2.75, 3.05) is 6.61 Å². The lowest BCUT2D eigenvalue weighted by Gasteiger charge is -2.26. The molecule has 1 aliphatic rings. The van der Waals surface area contributed by atoms with Gasteiger partial charge in [-0.15, -0.1) is 0 Å². The summed E-state index contributed by atoms with van der Waals surface area (Å²) >= 11 is 3.38. The summed E-state index contributed by atoms with van der Waals surface area (Å²) in [6, 6.07) is 18.6. The number of para-hydroxylation sites is 1. The van der Waals surface area contributed by atoms with Crippen LogP contribution in [0.1, 0.15) is 28.4 Å². The molecule has 1 aliphatic heterocycles. The van der Waals surface area contributed by atoms with Gasteiger partial charge in [-0.1, -0.05) is 34.1 Å². The van der Waals surface area contributed by atoms with E-state index in [4.69, 9.17) is 9.47 Å². The minimum atomic E-state index is -0.167. The van der Waals surface area contributed by atoms with Crippen LogP contribution in [0, 0.1) is 0 Å². The molecule has 4 rings (SSSR count). The fourth-order valence-corrected chi connectivity index (χ4v) is 3.20. The summed E-state index contributed by atoms with van der Waals surface area (Å²) < 4.78 is 12.3. The highest BCUT2D eigenvalue weighted by Gasteiger charge is 2.23. The molecule has 6 heteroatoms. The van der Waals surface area contributed by atoms with Crippen LogP contribution in [0.25, 0.3) is 0 Å². The zero-order valence-electron chi connectivity index (χ0n) is 14.4. The summed E-state index contributed by atoms with van der Waals surface area (Å²) in [5.74, 6) is 1.77. The van der Waals surface area contributed by atoms with Crippen molar-refractivity contribution in [3.8, 4) is 17.4 Å². The van der Waals surface area contributed by atoms with Crippen molar-refractivity contribution >= 4 is 21.8 Å². The molecule has 3 aromatic rings. The van der Waals surface area contributed by atoms with Gasteiger partial charge in [-0.3, -0.25) is 4.79 Å². The highest BCUT2D eigenvalue weighted by molar-refractivity contribution is 9.10. The molecule has 2 heterocycles. The Morgan fingerprint density at radius 2 is 1.93 bits per heavy atom. The third kappa shape index (κ3) is 4.11. The zero-order chi connectivity index (χ0) is 18.6. The fourth-order valence-electron chi connectivity index (χ4n) is 2.93. The van der Waals surface area contributed by atoms with E-state index in [-0.39, 0.29) is 11.9 Å². The molecule has 0 spiro atoms. The van der Waals surface area contributed by atoms with Crippen molar-refractivity contribution < 1.29 is 14.3 Å². The molecule has 27 heavy (non-hydrogen) atoms. The van der Waals surface area contributed by atoms with E-state index in [1.54, 1.807) is 12.1 Å². The number of carbonyl (C=O) groups excluding carboxylic acids is 1. The van der Waals surface area contributed by atoms with Gasteiger partial charge < -0.3 is 14.8 Å². The Labute approximate surface area is 165 Å². The summed E-state index contributed by atoms with van der Waals surface area (Å²) in [7, 11) is 0. The summed E-state index contributed by atoms with van der Waals surface area (Å²) in [5.41, 5.74) is 1.49. The second-order valence-electron chi connectivity index (χ2n) is 6.14. The quantitative estimate of drug-likeness (QED) is 0.647. The van der Waals surface area contributed by atoms with Gasteiger partial charge in [0, 0.05) is 28.7 Å². The van der Waals surface area contributed by atoms with Crippen molar-refractivity contribution in [2.24, 2.45) is 0 Å². The number of carbonyl (C=O) groups is 1. The Balaban J connectivity index is 1.43. The Morgan fingerprint density at radius 1 is 1.11 bits per heavy atom. The molecule has 1 N–H and O–H groups in total. The molecule has 0 saturated carbocycles. The second kappa shape index (κ2) is 7.80. The molecule has 1 unspecified atom stereocenters. The van der Waals surface area contributed by atoms with Gasteiger partial charge in [0.2, 0.25) is 5.88 Å². The molecule has 1 amide bonds. The molecule has 0 radical (unpaired) electrons. The number of nitrogens with zero attached hydrogens (tertiary/aromatic N) is 1. The van der Waals surface area contributed by atoms with Crippen molar-refractivity contribution in [3.05, 3.63) is 82.5 Å². The first-order valence-electron chi connectivity index (χ1n) is 8.61. The molecular formula is C21H17BrN2O3. The lowest BCUT2D eigenvalue weighted by molar-refractivity contribution is 0.0924. The van der Waals surface area contributed by atoms with Crippen LogP contribution in [0.3, 0.4) is 0 Å². The summed E-state index contributed by atoms with van der Waals surface area (Å²) in [6.45, 7) is 0.584. The molecule has 2 aromatic carbocycles. The maximum absolute atomic E-state index is 12.6. The first kappa shape index (κ1) is 17.5. The van der Waals surface area contributed by atoms with Gasteiger partial charge in [0.05, 0.1) is 18.2 Å². The van der Waals surface area contributed by atoms with E-state index >= 15 is 0 Å². The summed E-state index contributed by atoms with van der Waals surface area (Å²) in [4.78, 5) is 16.8. The van der Waals surface area contributed by atoms with Crippen molar-refractivity contribution in [1.82, 2.24) is 10.3 Å². The smallest absolute Gasteiger partial charge is 0.253 e. The Hall–Kier alpha value is -2.86. The minimum absolute atomic E-state index is 0.0684. The number of nitrogens with one attached hydrogen (secondary N) is 1. The fraction of sp³-hybridized carbons (Fsp3) is 0.143. The molecule has 1 atom stereocenters. The first-order chi connectivity index (χ1) is 13.2. The molecule has 0 aliphatic carbocycles. The number of halogens is 1. The number of aromatic nitrogens is 1. The zero-order valence-corrected chi connectivity index (χ0v) is 16.0. The Bertz CT molecular complexity index is 942. The highest BCUT2D eigenvalue weighted by Crippen LogP contribution is 2.31. The number of rotatable bonds is 4. The van der Waals surface area contributed by atoms with Crippen LogP contribution in [0.2, 0.25) is 0 Å². The number of fused-ring (bicyclic) bond motifs is 1. The number of hydrogen-bond acceptors (Lipinski definition) is 4. The van der Waals surface area contributed by atoms with Gasteiger partial charge in [0.1, 0.15) is 11.5 Å². The molecule has 136 valence electrons. The van der Waals surface area contributed by atoms with Crippen LogP contribution in [0.4, 0.5) is 0 Å². The maximum atomic E-state index is 12.6. The lowest BCUT2D eigenvalue weighted by atomic mass is 10.0. The van der Waals surface area contributed by atoms with Gasteiger partial charge in [0.15, 0.2) is 0 Å².